The predicted molar refractivity (Wildman–Crippen MR) is 69.8 cm³/mol. The summed E-state index contributed by atoms with van der Waals surface area (Å²) in [6, 6.07) is 2.08. The lowest BCUT2D eigenvalue weighted by Crippen LogP contribution is -2.22. The van der Waals surface area contributed by atoms with E-state index in [4.69, 9.17) is 11.6 Å². The summed E-state index contributed by atoms with van der Waals surface area (Å²) in [6.45, 7) is 2.62. The molecule has 2 heterocycles. The summed E-state index contributed by atoms with van der Waals surface area (Å²) >= 11 is 8.34. The average molecular weight is 288 g/mol. The Morgan fingerprint density at radius 2 is 2.35 bits per heavy atom. The number of hydrogen-bond donors (Lipinski definition) is 1. The van der Waals surface area contributed by atoms with Crippen molar-refractivity contribution < 1.29 is 4.79 Å². The fraction of sp³-hybridized carbons (Fsp3) is 0.300. The van der Waals surface area contributed by atoms with Crippen molar-refractivity contribution in [1.82, 2.24) is 15.5 Å². The van der Waals surface area contributed by atoms with Crippen molar-refractivity contribution in [3.05, 3.63) is 31.4 Å². The molecule has 0 aliphatic carbocycles. The standard InChI is InChI=1S/C10H10ClN3OS2/c1-2-6-3-4-16-7(6)5-12-8(15)9-13-14-10(11)17-9/h3-4H,2,5H2,1H3,(H,12,15). The fourth-order valence-electron chi connectivity index (χ4n) is 1.37. The maximum Gasteiger partial charge on any atom is 0.282 e. The number of carbonyl (C=O) groups excluding carboxylic acids is 1. The Hall–Kier alpha value is -0.980. The largest absolute Gasteiger partial charge is 0.345 e. The van der Waals surface area contributed by atoms with E-state index in [9.17, 15) is 4.79 Å². The van der Waals surface area contributed by atoms with Crippen molar-refractivity contribution in [2.75, 3.05) is 0 Å². The van der Waals surface area contributed by atoms with Crippen LogP contribution in [-0.4, -0.2) is 16.1 Å². The molecule has 0 radical (unpaired) electrons. The van der Waals surface area contributed by atoms with Crippen LogP contribution in [0.4, 0.5) is 0 Å². The number of nitrogens with zero attached hydrogens (tertiary/aromatic N) is 2. The Kier molecular flexibility index (Phi) is 4.09. The highest BCUT2D eigenvalue weighted by Crippen LogP contribution is 2.18. The summed E-state index contributed by atoms with van der Waals surface area (Å²) in [6.07, 6.45) is 0.972. The van der Waals surface area contributed by atoms with Gasteiger partial charge in [-0.3, -0.25) is 4.79 Å². The Morgan fingerprint density at radius 1 is 1.53 bits per heavy atom. The quantitative estimate of drug-likeness (QED) is 0.941. The summed E-state index contributed by atoms with van der Waals surface area (Å²) in [7, 11) is 0. The minimum absolute atomic E-state index is 0.232. The van der Waals surface area contributed by atoms with Gasteiger partial charge in [0.1, 0.15) is 0 Å². The van der Waals surface area contributed by atoms with E-state index in [0.29, 0.717) is 11.6 Å². The van der Waals surface area contributed by atoms with E-state index < -0.39 is 0 Å². The average Bonchev–Trinajstić information content (AvgIpc) is 2.94. The number of nitrogens with one attached hydrogen (secondary N) is 1. The van der Waals surface area contributed by atoms with Gasteiger partial charge in [-0.2, -0.15) is 0 Å². The van der Waals surface area contributed by atoms with Gasteiger partial charge in [0.05, 0.1) is 6.54 Å². The van der Waals surface area contributed by atoms with Crippen LogP contribution in [0.5, 0.6) is 0 Å². The maximum absolute atomic E-state index is 11.7. The van der Waals surface area contributed by atoms with Crippen LogP contribution >= 0.6 is 34.3 Å². The molecule has 1 amide bonds. The number of halogens is 1. The third-order valence-corrected chi connectivity index (χ3v) is 4.20. The molecule has 0 aliphatic heterocycles. The highest BCUT2D eigenvalue weighted by Gasteiger charge is 2.12. The van der Waals surface area contributed by atoms with Gasteiger partial charge in [-0.15, -0.1) is 21.5 Å². The van der Waals surface area contributed by atoms with Gasteiger partial charge in [0.15, 0.2) is 0 Å². The first kappa shape index (κ1) is 12.5. The van der Waals surface area contributed by atoms with Crippen LogP contribution in [0.3, 0.4) is 0 Å². The molecule has 0 spiro atoms. The third-order valence-electron chi connectivity index (χ3n) is 2.22. The number of aromatic nitrogens is 2. The molecular formula is C10H10ClN3OS2. The molecule has 1 N–H and O–H groups in total. The first-order chi connectivity index (χ1) is 8.20. The summed E-state index contributed by atoms with van der Waals surface area (Å²) in [4.78, 5) is 12.9. The van der Waals surface area contributed by atoms with E-state index in [1.54, 1.807) is 11.3 Å². The first-order valence-corrected chi connectivity index (χ1v) is 7.10. The van der Waals surface area contributed by atoms with Gasteiger partial charge in [-0.05, 0) is 35.0 Å². The first-order valence-electron chi connectivity index (χ1n) is 5.03. The van der Waals surface area contributed by atoms with Crippen molar-refractivity contribution in [2.45, 2.75) is 19.9 Å². The molecule has 17 heavy (non-hydrogen) atoms. The maximum atomic E-state index is 11.7. The van der Waals surface area contributed by atoms with E-state index in [1.165, 1.54) is 10.4 Å². The minimum atomic E-state index is -0.232. The van der Waals surface area contributed by atoms with Gasteiger partial charge in [-0.1, -0.05) is 18.3 Å². The lowest BCUT2D eigenvalue weighted by molar-refractivity contribution is 0.0950. The van der Waals surface area contributed by atoms with Crippen LogP contribution < -0.4 is 5.32 Å². The summed E-state index contributed by atoms with van der Waals surface area (Å²) < 4.78 is 0.278. The molecule has 0 fully saturated rings. The van der Waals surface area contributed by atoms with Crippen molar-refractivity contribution >= 4 is 40.2 Å². The normalized spacial score (nSPS) is 10.5. The van der Waals surface area contributed by atoms with E-state index in [1.807, 2.05) is 5.38 Å². The second-order valence-electron chi connectivity index (χ2n) is 3.27. The van der Waals surface area contributed by atoms with Gasteiger partial charge >= 0.3 is 0 Å². The lowest BCUT2D eigenvalue weighted by Gasteiger charge is -2.02. The zero-order chi connectivity index (χ0) is 12.3. The number of amides is 1. The van der Waals surface area contributed by atoms with E-state index in [0.717, 1.165) is 17.8 Å². The van der Waals surface area contributed by atoms with Crippen LogP contribution in [-0.2, 0) is 13.0 Å². The molecule has 7 heteroatoms. The summed E-state index contributed by atoms with van der Waals surface area (Å²) in [5.41, 5.74) is 1.27. The molecule has 0 aliphatic rings. The highest BCUT2D eigenvalue weighted by atomic mass is 35.5. The SMILES string of the molecule is CCc1ccsc1CNC(=O)c1nnc(Cl)s1. The Balaban J connectivity index is 1.97. The van der Waals surface area contributed by atoms with Gasteiger partial charge in [0, 0.05) is 4.88 Å². The van der Waals surface area contributed by atoms with Crippen molar-refractivity contribution in [3.8, 4) is 0 Å². The van der Waals surface area contributed by atoms with Crippen molar-refractivity contribution in [1.29, 1.82) is 0 Å². The number of thiophene rings is 1. The molecule has 0 aromatic carbocycles. The second kappa shape index (κ2) is 5.57. The molecule has 0 unspecified atom stereocenters. The molecule has 2 aromatic rings. The van der Waals surface area contributed by atoms with Gasteiger partial charge in [-0.25, -0.2) is 0 Å². The van der Waals surface area contributed by atoms with Crippen LogP contribution in [0, 0.1) is 0 Å². The molecule has 90 valence electrons. The third kappa shape index (κ3) is 3.02. The molecule has 0 atom stereocenters. The monoisotopic (exact) mass is 287 g/mol. The Labute approximate surface area is 112 Å². The van der Waals surface area contributed by atoms with E-state index in [2.05, 4.69) is 28.5 Å². The molecule has 0 saturated heterocycles. The van der Waals surface area contributed by atoms with Crippen LogP contribution in [0.15, 0.2) is 11.4 Å². The number of rotatable bonds is 4. The predicted octanol–water partition coefficient (Wildman–Crippen LogP) is 2.75. The van der Waals surface area contributed by atoms with E-state index >= 15 is 0 Å². The topological polar surface area (TPSA) is 54.9 Å². The smallest absolute Gasteiger partial charge is 0.282 e. The second-order valence-corrected chi connectivity index (χ2v) is 5.83. The van der Waals surface area contributed by atoms with E-state index in [-0.39, 0.29) is 10.4 Å². The highest BCUT2D eigenvalue weighted by molar-refractivity contribution is 7.17. The van der Waals surface area contributed by atoms with Gasteiger partial charge < -0.3 is 5.32 Å². The van der Waals surface area contributed by atoms with Crippen LogP contribution in [0.1, 0.15) is 27.2 Å². The van der Waals surface area contributed by atoms with Gasteiger partial charge in [0.25, 0.3) is 5.91 Å². The van der Waals surface area contributed by atoms with Crippen molar-refractivity contribution in [3.63, 3.8) is 0 Å². The molecule has 0 saturated carbocycles. The lowest BCUT2D eigenvalue weighted by atomic mass is 10.2. The minimum Gasteiger partial charge on any atom is -0.345 e. The van der Waals surface area contributed by atoms with Crippen molar-refractivity contribution in [2.24, 2.45) is 0 Å². The number of carbonyl (C=O) groups is 1. The fourth-order valence-corrected chi connectivity index (χ4v) is 3.03. The zero-order valence-electron chi connectivity index (χ0n) is 9.07. The molecule has 0 bridgehead atoms. The molecule has 2 rings (SSSR count). The van der Waals surface area contributed by atoms with Crippen LogP contribution in [0.25, 0.3) is 0 Å². The Morgan fingerprint density at radius 3 is 3.00 bits per heavy atom. The summed E-state index contributed by atoms with van der Waals surface area (Å²) in [5.74, 6) is -0.232. The Bertz CT molecular complexity index is 523. The van der Waals surface area contributed by atoms with Gasteiger partial charge in [0.2, 0.25) is 9.47 Å². The molecule has 4 nitrogen and oxygen atoms in total. The number of hydrogen-bond acceptors (Lipinski definition) is 5. The van der Waals surface area contributed by atoms with Crippen LogP contribution in [0.2, 0.25) is 4.47 Å². The molecular weight excluding hydrogens is 278 g/mol. The summed E-state index contributed by atoms with van der Waals surface area (Å²) in [5, 5.41) is 12.4. The molecule has 2 aromatic heterocycles. The zero-order valence-corrected chi connectivity index (χ0v) is 11.5. The number of aryl methyl sites for hydroxylation is 1.